The fourth-order valence-corrected chi connectivity index (χ4v) is 2.09. The van der Waals surface area contributed by atoms with Crippen LogP contribution in [0.2, 0.25) is 5.15 Å². The standard InChI is InChI=1S/C11H15ClN4O/c1-7(13)9-10(12)14-6-15-11(9)16-8-4-2-3-5-17-8/h6,8,13H,2-5H2,1H3,(H,14,15,16). The number of halogens is 1. The highest BCUT2D eigenvalue weighted by Crippen LogP contribution is 2.23. The Morgan fingerprint density at radius 2 is 2.35 bits per heavy atom. The van der Waals surface area contributed by atoms with Crippen LogP contribution < -0.4 is 5.32 Å². The number of anilines is 1. The van der Waals surface area contributed by atoms with Gasteiger partial charge in [0.2, 0.25) is 0 Å². The van der Waals surface area contributed by atoms with E-state index in [-0.39, 0.29) is 6.23 Å². The van der Waals surface area contributed by atoms with Crippen LogP contribution in [0, 0.1) is 5.41 Å². The van der Waals surface area contributed by atoms with Crippen molar-refractivity contribution in [3.8, 4) is 0 Å². The molecule has 0 amide bonds. The molecule has 0 radical (unpaired) electrons. The summed E-state index contributed by atoms with van der Waals surface area (Å²) in [6.07, 6.45) is 4.51. The topological polar surface area (TPSA) is 70.9 Å². The summed E-state index contributed by atoms with van der Waals surface area (Å²) in [5, 5.41) is 11.2. The number of aromatic nitrogens is 2. The van der Waals surface area contributed by atoms with Crippen molar-refractivity contribution in [1.29, 1.82) is 5.41 Å². The summed E-state index contributed by atoms with van der Waals surface area (Å²) >= 11 is 5.97. The van der Waals surface area contributed by atoms with Crippen molar-refractivity contribution < 1.29 is 4.74 Å². The minimum absolute atomic E-state index is 0.0483. The summed E-state index contributed by atoms with van der Waals surface area (Å²) in [6.45, 7) is 2.42. The predicted octanol–water partition coefficient (Wildman–Crippen LogP) is 2.46. The Balaban J connectivity index is 2.19. The fourth-order valence-electron chi connectivity index (χ4n) is 1.81. The smallest absolute Gasteiger partial charge is 0.143 e. The quantitative estimate of drug-likeness (QED) is 0.642. The molecular formula is C11H15ClN4O. The van der Waals surface area contributed by atoms with Crippen molar-refractivity contribution in [2.45, 2.75) is 32.4 Å². The maximum atomic E-state index is 7.69. The Hall–Kier alpha value is -1.20. The highest BCUT2D eigenvalue weighted by molar-refractivity contribution is 6.33. The summed E-state index contributed by atoms with van der Waals surface area (Å²) in [5.41, 5.74) is 0.886. The van der Waals surface area contributed by atoms with Gasteiger partial charge in [0.25, 0.3) is 0 Å². The lowest BCUT2D eigenvalue weighted by Crippen LogP contribution is -2.28. The molecule has 0 aliphatic carbocycles. The van der Waals surface area contributed by atoms with Crippen molar-refractivity contribution in [3.05, 3.63) is 17.0 Å². The van der Waals surface area contributed by atoms with Gasteiger partial charge in [-0.1, -0.05) is 11.6 Å². The molecule has 1 saturated heterocycles. The van der Waals surface area contributed by atoms with Crippen LogP contribution in [0.25, 0.3) is 0 Å². The third kappa shape index (κ3) is 2.92. The van der Waals surface area contributed by atoms with Crippen LogP contribution in [0.3, 0.4) is 0 Å². The van der Waals surface area contributed by atoms with Crippen molar-refractivity contribution in [2.75, 3.05) is 11.9 Å². The van der Waals surface area contributed by atoms with Crippen LogP contribution in [-0.4, -0.2) is 28.5 Å². The Labute approximate surface area is 105 Å². The highest BCUT2D eigenvalue weighted by atomic mass is 35.5. The Morgan fingerprint density at radius 3 is 3.00 bits per heavy atom. The van der Waals surface area contributed by atoms with Crippen LogP contribution in [-0.2, 0) is 4.74 Å². The van der Waals surface area contributed by atoms with Crippen LogP contribution >= 0.6 is 11.6 Å². The van der Waals surface area contributed by atoms with E-state index in [4.69, 9.17) is 21.7 Å². The molecule has 1 atom stereocenters. The van der Waals surface area contributed by atoms with Crippen molar-refractivity contribution in [3.63, 3.8) is 0 Å². The van der Waals surface area contributed by atoms with Gasteiger partial charge < -0.3 is 15.5 Å². The first-order chi connectivity index (χ1) is 8.18. The molecule has 1 fully saturated rings. The maximum Gasteiger partial charge on any atom is 0.143 e. The van der Waals surface area contributed by atoms with E-state index in [9.17, 15) is 0 Å². The molecule has 5 nitrogen and oxygen atoms in total. The lowest BCUT2D eigenvalue weighted by atomic mass is 10.1. The van der Waals surface area contributed by atoms with E-state index < -0.39 is 0 Å². The molecule has 0 spiro atoms. The van der Waals surface area contributed by atoms with Gasteiger partial charge in [-0.3, -0.25) is 0 Å². The number of rotatable bonds is 3. The molecular weight excluding hydrogens is 240 g/mol. The number of nitrogens with one attached hydrogen (secondary N) is 2. The van der Waals surface area contributed by atoms with E-state index in [0.717, 1.165) is 25.9 Å². The zero-order valence-corrected chi connectivity index (χ0v) is 10.4. The van der Waals surface area contributed by atoms with Gasteiger partial charge in [0.05, 0.1) is 5.56 Å². The van der Waals surface area contributed by atoms with Gasteiger partial charge in [0, 0.05) is 12.3 Å². The zero-order valence-electron chi connectivity index (χ0n) is 9.66. The Morgan fingerprint density at radius 1 is 1.53 bits per heavy atom. The third-order valence-corrected chi connectivity index (χ3v) is 2.94. The third-order valence-electron chi connectivity index (χ3n) is 2.65. The van der Waals surface area contributed by atoms with Gasteiger partial charge in [-0.25, -0.2) is 9.97 Å². The van der Waals surface area contributed by atoms with Crippen LogP contribution in [0.4, 0.5) is 5.82 Å². The average Bonchev–Trinajstić information content (AvgIpc) is 2.30. The van der Waals surface area contributed by atoms with Gasteiger partial charge in [-0.15, -0.1) is 0 Å². The number of hydrogen-bond donors (Lipinski definition) is 2. The van der Waals surface area contributed by atoms with Crippen molar-refractivity contribution in [2.24, 2.45) is 0 Å². The van der Waals surface area contributed by atoms with E-state index in [0.29, 0.717) is 22.2 Å². The first-order valence-corrected chi connectivity index (χ1v) is 6.00. The van der Waals surface area contributed by atoms with E-state index in [1.54, 1.807) is 6.92 Å². The molecule has 0 aromatic carbocycles. The van der Waals surface area contributed by atoms with Crippen LogP contribution in [0.5, 0.6) is 0 Å². The predicted molar refractivity (Wildman–Crippen MR) is 66.8 cm³/mol. The van der Waals surface area contributed by atoms with Crippen LogP contribution in [0.15, 0.2) is 6.33 Å². The van der Waals surface area contributed by atoms with E-state index in [1.807, 2.05) is 0 Å². The molecule has 1 aromatic heterocycles. The molecule has 92 valence electrons. The Bertz CT molecular complexity index is 418. The molecule has 0 bridgehead atoms. The summed E-state index contributed by atoms with van der Waals surface area (Å²) < 4.78 is 5.57. The van der Waals surface area contributed by atoms with Crippen molar-refractivity contribution >= 4 is 23.1 Å². The normalized spacial score (nSPS) is 20.0. The minimum atomic E-state index is -0.0483. The van der Waals surface area contributed by atoms with Gasteiger partial charge in [0.15, 0.2) is 0 Å². The molecule has 6 heteroatoms. The first kappa shape index (κ1) is 12.3. The largest absolute Gasteiger partial charge is 0.359 e. The minimum Gasteiger partial charge on any atom is -0.359 e. The molecule has 1 unspecified atom stereocenters. The zero-order chi connectivity index (χ0) is 12.3. The van der Waals surface area contributed by atoms with Crippen LogP contribution in [0.1, 0.15) is 31.7 Å². The van der Waals surface area contributed by atoms with Gasteiger partial charge in [0.1, 0.15) is 23.5 Å². The van der Waals surface area contributed by atoms with Crippen molar-refractivity contribution in [1.82, 2.24) is 9.97 Å². The number of nitrogens with zero attached hydrogens (tertiary/aromatic N) is 2. The summed E-state index contributed by atoms with van der Waals surface area (Å²) in [4.78, 5) is 8.01. The molecule has 1 aliphatic rings. The highest BCUT2D eigenvalue weighted by Gasteiger charge is 2.18. The molecule has 0 saturated carbocycles. The monoisotopic (exact) mass is 254 g/mol. The Kier molecular flexibility index (Phi) is 3.91. The van der Waals surface area contributed by atoms with E-state index in [2.05, 4.69) is 15.3 Å². The average molecular weight is 255 g/mol. The molecule has 2 rings (SSSR count). The number of ether oxygens (including phenoxy) is 1. The second-order valence-corrected chi connectivity index (χ2v) is 4.37. The lowest BCUT2D eigenvalue weighted by Gasteiger charge is -2.24. The first-order valence-electron chi connectivity index (χ1n) is 5.62. The second-order valence-electron chi connectivity index (χ2n) is 4.01. The molecule has 17 heavy (non-hydrogen) atoms. The van der Waals surface area contributed by atoms with E-state index >= 15 is 0 Å². The van der Waals surface area contributed by atoms with Gasteiger partial charge in [-0.05, 0) is 26.2 Å². The summed E-state index contributed by atoms with van der Waals surface area (Å²) in [5.74, 6) is 0.574. The maximum absolute atomic E-state index is 7.69. The number of hydrogen-bond acceptors (Lipinski definition) is 5. The lowest BCUT2D eigenvalue weighted by molar-refractivity contribution is 0.0341. The second kappa shape index (κ2) is 5.42. The molecule has 1 aromatic rings. The summed E-state index contributed by atoms with van der Waals surface area (Å²) in [6, 6.07) is 0. The molecule has 2 heterocycles. The SMILES string of the molecule is CC(=N)c1c(Cl)ncnc1NC1CCCCO1. The van der Waals surface area contributed by atoms with Gasteiger partial charge in [-0.2, -0.15) is 0 Å². The van der Waals surface area contributed by atoms with E-state index in [1.165, 1.54) is 6.33 Å². The molecule has 1 aliphatic heterocycles. The molecule has 2 N–H and O–H groups in total. The summed E-state index contributed by atoms with van der Waals surface area (Å²) in [7, 11) is 0. The fraction of sp³-hybridized carbons (Fsp3) is 0.545. The van der Waals surface area contributed by atoms with Gasteiger partial charge >= 0.3 is 0 Å².